The second-order valence-electron chi connectivity index (χ2n) is 4.56. The highest BCUT2D eigenvalue weighted by atomic mass is 35.5. The first-order chi connectivity index (χ1) is 8.60. The first kappa shape index (κ1) is 13.8. The Hall–Kier alpha value is -0.640. The molecule has 3 nitrogen and oxygen atoms in total. The van der Waals surface area contributed by atoms with Crippen LogP contribution in [-0.2, 0) is 4.74 Å². The number of anilines is 1. The zero-order chi connectivity index (χ0) is 13.1. The standard InChI is InChI=1S/C13H17Cl2NO2/c1-2-10-5-8(3-4-18-10)16-9-6-11(14)13(17)12(15)7-9/h6-8,10,16-17H,2-5H2,1H3. The minimum atomic E-state index is -0.0673. The normalized spacial score (nSPS) is 23.9. The second kappa shape index (κ2) is 6.00. The van der Waals surface area contributed by atoms with Crippen LogP contribution in [0.5, 0.6) is 5.75 Å². The predicted molar refractivity (Wildman–Crippen MR) is 74.8 cm³/mol. The molecular weight excluding hydrogens is 273 g/mol. The maximum atomic E-state index is 9.51. The lowest BCUT2D eigenvalue weighted by atomic mass is 10.0. The Morgan fingerprint density at radius 2 is 2.06 bits per heavy atom. The van der Waals surface area contributed by atoms with Crippen LogP contribution in [0.1, 0.15) is 26.2 Å². The van der Waals surface area contributed by atoms with Gasteiger partial charge in [0.05, 0.1) is 16.1 Å². The van der Waals surface area contributed by atoms with E-state index in [0.29, 0.717) is 12.1 Å². The molecule has 1 aromatic carbocycles. The number of ether oxygens (including phenoxy) is 1. The molecular formula is C13H17Cl2NO2. The number of nitrogens with one attached hydrogen (secondary N) is 1. The van der Waals surface area contributed by atoms with Gasteiger partial charge in [-0.25, -0.2) is 0 Å². The summed E-state index contributed by atoms with van der Waals surface area (Å²) in [6, 6.07) is 3.75. The summed E-state index contributed by atoms with van der Waals surface area (Å²) in [5.74, 6) is -0.0673. The van der Waals surface area contributed by atoms with Crippen LogP contribution >= 0.6 is 23.2 Å². The third-order valence-corrected chi connectivity index (χ3v) is 3.79. The van der Waals surface area contributed by atoms with E-state index in [9.17, 15) is 5.11 Å². The van der Waals surface area contributed by atoms with Crippen LogP contribution in [0.25, 0.3) is 0 Å². The average Bonchev–Trinajstić information content (AvgIpc) is 2.36. The second-order valence-corrected chi connectivity index (χ2v) is 5.37. The summed E-state index contributed by atoms with van der Waals surface area (Å²) in [4.78, 5) is 0. The summed E-state index contributed by atoms with van der Waals surface area (Å²) in [6.07, 6.45) is 3.29. The molecule has 5 heteroatoms. The van der Waals surface area contributed by atoms with Gasteiger partial charge in [0.25, 0.3) is 0 Å². The van der Waals surface area contributed by atoms with Crippen molar-refractivity contribution in [3.8, 4) is 5.75 Å². The fourth-order valence-electron chi connectivity index (χ4n) is 2.18. The summed E-state index contributed by atoms with van der Waals surface area (Å²) in [5.41, 5.74) is 0.838. The summed E-state index contributed by atoms with van der Waals surface area (Å²) in [7, 11) is 0. The smallest absolute Gasteiger partial charge is 0.152 e. The molecule has 1 fully saturated rings. The van der Waals surface area contributed by atoms with E-state index in [4.69, 9.17) is 27.9 Å². The van der Waals surface area contributed by atoms with E-state index in [0.717, 1.165) is 31.6 Å². The third-order valence-electron chi connectivity index (χ3n) is 3.21. The maximum absolute atomic E-state index is 9.51. The molecule has 2 atom stereocenters. The highest BCUT2D eigenvalue weighted by molar-refractivity contribution is 6.37. The van der Waals surface area contributed by atoms with E-state index in [1.54, 1.807) is 12.1 Å². The molecule has 1 heterocycles. The lowest BCUT2D eigenvalue weighted by Gasteiger charge is -2.30. The number of phenols is 1. The molecule has 1 saturated heterocycles. The Balaban J connectivity index is 2.05. The molecule has 2 rings (SSSR count). The number of aromatic hydroxyl groups is 1. The van der Waals surface area contributed by atoms with Crippen LogP contribution < -0.4 is 5.32 Å². The van der Waals surface area contributed by atoms with Crippen molar-refractivity contribution in [3.05, 3.63) is 22.2 Å². The fraction of sp³-hybridized carbons (Fsp3) is 0.538. The molecule has 1 aliphatic rings. The first-order valence-corrected chi connectivity index (χ1v) is 6.92. The van der Waals surface area contributed by atoms with Crippen LogP contribution in [0.4, 0.5) is 5.69 Å². The Morgan fingerprint density at radius 3 is 2.67 bits per heavy atom. The first-order valence-electron chi connectivity index (χ1n) is 6.16. The van der Waals surface area contributed by atoms with Gasteiger partial charge in [-0.2, -0.15) is 0 Å². The van der Waals surface area contributed by atoms with Crippen LogP contribution in [0.15, 0.2) is 12.1 Å². The Kier molecular flexibility index (Phi) is 4.60. The van der Waals surface area contributed by atoms with Gasteiger partial charge < -0.3 is 15.2 Å². The Morgan fingerprint density at radius 1 is 1.39 bits per heavy atom. The molecule has 1 aliphatic heterocycles. The summed E-state index contributed by atoms with van der Waals surface area (Å²) >= 11 is 11.8. The highest BCUT2D eigenvalue weighted by Gasteiger charge is 2.21. The molecule has 0 spiro atoms. The monoisotopic (exact) mass is 289 g/mol. The van der Waals surface area contributed by atoms with Crippen molar-refractivity contribution in [3.63, 3.8) is 0 Å². The lowest BCUT2D eigenvalue weighted by molar-refractivity contribution is 0.00925. The quantitative estimate of drug-likeness (QED) is 0.825. The summed E-state index contributed by atoms with van der Waals surface area (Å²) in [5, 5.41) is 13.4. The summed E-state index contributed by atoms with van der Waals surface area (Å²) < 4.78 is 5.63. The number of rotatable bonds is 3. The largest absolute Gasteiger partial charge is 0.505 e. The number of hydrogen-bond donors (Lipinski definition) is 2. The minimum absolute atomic E-state index is 0.0673. The average molecular weight is 290 g/mol. The molecule has 2 N–H and O–H groups in total. The molecule has 100 valence electrons. The minimum Gasteiger partial charge on any atom is -0.505 e. The van der Waals surface area contributed by atoms with Crippen LogP contribution in [0.2, 0.25) is 10.0 Å². The van der Waals surface area contributed by atoms with Gasteiger partial charge in [0.1, 0.15) is 0 Å². The number of halogens is 2. The van der Waals surface area contributed by atoms with Gasteiger partial charge in [-0.15, -0.1) is 0 Å². The van der Waals surface area contributed by atoms with Crippen molar-refractivity contribution in [1.29, 1.82) is 0 Å². The van der Waals surface area contributed by atoms with Crippen LogP contribution in [0, 0.1) is 0 Å². The van der Waals surface area contributed by atoms with Crippen molar-refractivity contribution < 1.29 is 9.84 Å². The zero-order valence-electron chi connectivity index (χ0n) is 10.2. The van der Waals surface area contributed by atoms with Gasteiger partial charge in [0, 0.05) is 18.3 Å². The Bertz CT molecular complexity index is 402. The van der Waals surface area contributed by atoms with Crippen molar-refractivity contribution in [1.82, 2.24) is 0 Å². The van der Waals surface area contributed by atoms with Gasteiger partial charge in [0.2, 0.25) is 0 Å². The van der Waals surface area contributed by atoms with Crippen LogP contribution in [-0.4, -0.2) is 23.9 Å². The number of phenolic OH excluding ortho intramolecular Hbond substituents is 1. The lowest BCUT2D eigenvalue weighted by Crippen LogP contribution is -2.33. The Labute approximate surface area is 117 Å². The van der Waals surface area contributed by atoms with Gasteiger partial charge in [0.15, 0.2) is 5.75 Å². The summed E-state index contributed by atoms with van der Waals surface area (Å²) in [6.45, 7) is 2.90. The molecule has 0 radical (unpaired) electrons. The molecule has 0 aliphatic carbocycles. The molecule has 1 aromatic rings. The van der Waals surface area contributed by atoms with E-state index >= 15 is 0 Å². The fourth-order valence-corrected chi connectivity index (χ4v) is 2.67. The van der Waals surface area contributed by atoms with E-state index < -0.39 is 0 Å². The SMILES string of the molecule is CCC1CC(Nc2cc(Cl)c(O)c(Cl)c2)CCO1. The molecule has 0 saturated carbocycles. The van der Waals surface area contributed by atoms with Gasteiger partial charge >= 0.3 is 0 Å². The van der Waals surface area contributed by atoms with E-state index in [-0.39, 0.29) is 15.8 Å². The van der Waals surface area contributed by atoms with Crippen LogP contribution in [0.3, 0.4) is 0 Å². The zero-order valence-corrected chi connectivity index (χ0v) is 11.8. The molecule has 2 unspecified atom stereocenters. The van der Waals surface area contributed by atoms with Crippen molar-refractivity contribution >= 4 is 28.9 Å². The van der Waals surface area contributed by atoms with E-state index in [2.05, 4.69) is 12.2 Å². The molecule has 0 aromatic heterocycles. The van der Waals surface area contributed by atoms with Gasteiger partial charge in [-0.1, -0.05) is 30.1 Å². The number of hydrogen-bond acceptors (Lipinski definition) is 3. The molecule has 0 bridgehead atoms. The molecule has 0 amide bonds. The highest BCUT2D eigenvalue weighted by Crippen LogP contribution is 2.35. The van der Waals surface area contributed by atoms with E-state index in [1.807, 2.05) is 0 Å². The van der Waals surface area contributed by atoms with Crippen molar-refractivity contribution in [2.75, 3.05) is 11.9 Å². The predicted octanol–water partition coefficient (Wildman–Crippen LogP) is 4.07. The number of benzene rings is 1. The molecule has 18 heavy (non-hydrogen) atoms. The van der Waals surface area contributed by atoms with Crippen molar-refractivity contribution in [2.24, 2.45) is 0 Å². The van der Waals surface area contributed by atoms with Gasteiger partial charge in [-0.05, 0) is 31.4 Å². The topological polar surface area (TPSA) is 41.5 Å². The van der Waals surface area contributed by atoms with E-state index in [1.165, 1.54) is 0 Å². The van der Waals surface area contributed by atoms with Gasteiger partial charge in [-0.3, -0.25) is 0 Å². The maximum Gasteiger partial charge on any atom is 0.152 e. The third kappa shape index (κ3) is 3.22. The van der Waals surface area contributed by atoms with Crippen molar-refractivity contribution in [2.45, 2.75) is 38.3 Å².